The third-order valence-electron chi connectivity index (χ3n) is 4.91. The van der Waals surface area contributed by atoms with E-state index in [1.807, 2.05) is 39.0 Å². The third kappa shape index (κ3) is 4.10. The summed E-state index contributed by atoms with van der Waals surface area (Å²) in [6.07, 6.45) is 0. The number of H-pyrrole nitrogens is 1. The molecule has 1 aromatic heterocycles. The van der Waals surface area contributed by atoms with Crippen LogP contribution in [0.4, 0.5) is 0 Å². The zero-order chi connectivity index (χ0) is 20.5. The molecule has 1 amide bonds. The maximum absolute atomic E-state index is 12.5. The fourth-order valence-corrected chi connectivity index (χ4v) is 4.50. The van der Waals surface area contributed by atoms with Gasteiger partial charge >= 0.3 is 0 Å². The van der Waals surface area contributed by atoms with Crippen LogP contribution < -0.4 is 10.0 Å². The molecule has 7 heteroatoms. The average Bonchev–Trinajstić information content (AvgIpc) is 2.94. The number of aryl methyl sites for hydroxylation is 4. The molecule has 0 bridgehead atoms. The van der Waals surface area contributed by atoms with Crippen molar-refractivity contribution in [2.45, 2.75) is 32.6 Å². The Morgan fingerprint density at radius 3 is 2.50 bits per heavy atom. The summed E-state index contributed by atoms with van der Waals surface area (Å²) in [5.74, 6) is -0.230. The van der Waals surface area contributed by atoms with Crippen LogP contribution in [0.5, 0.6) is 0 Å². The Hall–Kier alpha value is -2.64. The van der Waals surface area contributed by atoms with E-state index < -0.39 is 10.0 Å². The van der Waals surface area contributed by atoms with Gasteiger partial charge in [-0.25, -0.2) is 13.1 Å². The van der Waals surface area contributed by atoms with Gasteiger partial charge in [0.2, 0.25) is 10.0 Å². The molecule has 0 saturated carbocycles. The van der Waals surface area contributed by atoms with E-state index in [-0.39, 0.29) is 23.9 Å². The molecule has 2 aromatic carbocycles. The number of aromatic nitrogens is 1. The van der Waals surface area contributed by atoms with Crippen molar-refractivity contribution in [3.8, 4) is 0 Å². The summed E-state index contributed by atoms with van der Waals surface area (Å²) in [6, 6.07) is 10.8. The van der Waals surface area contributed by atoms with Crippen molar-refractivity contribution in [3.05, 3.63) is 64.3 Å². The van der Waals surface area contributed by atoms with E-state index in [2.05, 4.69) is 15.0 Å². The van der Waals surface area contributed by atoms with Crippen molar-refractivity contribution < 1.29 is 13.2 Å². The Bertz CT molecular complexity index is 1150. The Balaban J connectivity index is 1.61. The van der Waals surface area contributed by atoms with E-state index in [1.54, 1.807) is 25.1 Å². The van der Waals surface area contributed by atoms with Gasteiger partial charge in [0.1, 0.15) is 0 Å². The third-order valence-corrected chi connectivity index (χ3v) is 6.51. The minimum absolute atomic E-state index is 0.117. The lowest BCUT2D eigenvalue weighted by Crippen LogP contribution is -2.35. The SMILES string of the molecule is Cc1ccc(C)c(S(=O)(=O)NCCNC(=O)c2ccc3[nH]c(C)c(C)c3c2)c1. The molecule has 3 N–H and O–H groups in total. The van der Waals surface area contributed by atoms with Crippen molar-refractivity contribution in [3.63, 3.8) is 0 Å². The van der Waals surface area contributed by atoms with Gasteiger partial charge in [-0.3, -0.25) is 4.79 Å². The lowest BCUT2D eigenvalue weighted by Gasteiger charge is -2.11. The van der Waals surface area contributed by atoms with Crippen LogP contribution in [0.1, 0.15) is 32.7 Å². The Kier molecular flexibility index (Phi) is 5.58. The van der Waals surface area contributed by atoms with Gasteiger partial charge in [-0.15, -0.1) is 0 Å². The Morgan fingerprint density at radius 2 is 1.75 bits per heavy atom. The van der Waals surface area contributed by atoms with E-state index in [0.29, 0.717) is 11.1 Å². The molecular weight excluding hydrogens is 374 g/mol. The number of sulfonamides is 1. The number of benzene rings is 2. The maximum atomic E-state index is 12.5. The molecule has 6 nitrogen and oxygen atoms in total. The lowest BCUT2D eigenvalue weighted by atomic mass is 10.1. The first-order valence-corrected chi connectivity index (χ1v) is 10.6. The van der Waals surface area contributed by atoms with Crippen LogP contribution in [-0.4, -0.2) is 32.4 Å². The predicted molar refractivity (Wildman–Crippen MR) is 111 cm³/mol. The highest BCUT2D eigenvalue weighted by Crippen LogP contribution is 2.22. The van der Waals surface area contributed by atoms with Gasteiger partial charge in [-0.1, -0.05) is 12.1 Å². The summed E-state index contributed by atoms with van der Waals surface area (Å²) in [6.45, 7) is 7.94. The lowest BCUT2D eigenvalue weighted by molar-refractivity contribution is 0.0954. The van der Waals surface area contributed by atoms with Gasteiger partial charge in [-0.05, 0) is 68.7 Å². The maximum Gasteiger partial charge on any atom is 0.251 e. The molecule has 0 saturated heterocycles. The standard InChI is InChI=1S/C21H25N3O3S/c1-13-5-6-14(2)20(11-13)28(26,27)23-10-9-22-21(25)17-7-8-19-18(12-17)15(3)16(4)24-19/h5-8,11-12,23-24H,9-10H2,1-4H3,(H,22,25). The minimum Gasteiger partial charge on any atom is -0.358 e. The van der Waals surface area contributed by atoms with Crippen molar-refractivity contribution in [2.24, 2.45) is 0 Å². The highest BCUT2D eigenvalue weighted by Gasteiger charge is 2.16. The van der Waals surface area contributed by atoms with Gasteiger partial charge in [0, 0.05) is 35.2 Å². The van der Waals surface area contributed by atoms with E-state index in [0.717, 1.165) is 27.7 Å². The van der Waals surface area contributed by atoms with Crippen molar-refractivity contribution in [1.82, 2.24) is 15.0 Å². The summed E-state index contributed by atoms with van der Waals surface area (Å²) in [4.78, 5) is 15.9. The van der Waals surface area contributed by atoms with Gasteiger partial charge in [0.15, 0.2) is 0 Å². The fraction of sp³-hybridized carbons (Fsp3) is 0.286. The first kappa shape index (κ1) is 20.1. The molecule has 1 heterocycles. The fourth-order valence-electron chi connectivity index (χ4n) is 3.14. The van der Waals surface area contributed by atoms with Gasteiger partial charge in [0.25, 0.3) is 5.91 Å². The number of amides is 1. The quantitative estimate of drug-likeness (QED) is 0.556. The average molecular weight is 400 g/mol. The smallest absolute Gasteiger partial charge is 0.251 e. The number of carbonyl (C=O) groups is 1. The van der Waals surface area contributed by atoms with Crippen LogP contribution in [0.25, 0.3) is 10.9 Å². The van der Waals surface area contributed by atoms with E-state index in [4.69, 9.17) is 0 Å². The number of carbonyl (C=O) groups excluding carboxylic acids is 1. The molecular formula is C21H25N3O3S. The summed E-state index contributed by atoms with van der Waals surface area (Å²) in [5.41, 5.74) is 5.30. The second kappa shape index (κ2) is 7.77. The highest BCUT2D eigenvalue weighted by molar-refractivity contribution is 7.89. The predicted octanol–water partition coefficient (Wildman–Crippen LogP) is 3.11. The molecule has 0 unspecified atom stereocenters. The van der Waals surface area contributed by atoms with Gasteiger partial charge in [0.05, 0.1) is 4.90 Å². The van der Waals surface area contributed by atoms with E-state index in [9.17, 15) is 13.2 Å². The Morgan fingerprint density at radius 1 is 1.00 bits per heavy atom. The zero-order valence-electron chi connectivity index (χ0n) is 16.5. The molecule has 0 aliphatic heterocycles. The molecule has 0 atom stereocenters. The number of rotatable bonds is 6. The molecule has 28 heavy (non-hydrogen) atoms. The largest absolute Gasteiger partial charge is 0.358 e. The first-order valence-electron chi connectivity index (χ1n) is 9.13. The first-order chi connectivity index (χ1) is 13.2. The van der Waals surface area contributed by atoms with Gasteiger partial charge < -0.3 is 10.3 Å². The Labute approximate surface area is 165 Å². The number of hydrogen-bond acceptors (Lipinski definition) is 3. The number of aromatic amines is 1. The van der Waals surface area contributed by atoms with E-state index >= 15 is 0 Å². The normalized spacial score (nSPS) is 11.7. The minimum atomic E-state index is -3.61. The molecule has 0 aliphatic rings. The summed E-state index contributed by atoms with van der Waals surface area (Å²) in [7, 11) is -3.61. The van der Waals surface area contributed by atoms with Crippen LogP contribution in [0, 0.1) is 27.7 Å². The number of hydrogen-bond donors (Lipinski definition) is 3. The number of fused-ring (bicyclic) bond motifs is 1. The van der Waals surface area contributed by atoms with Gasteiger partial charge in [-0.2, -0.15) is 0 Å². The van der Waals surface area contributed by atoms with Crippen LogP contribution >= 0.6 is 0 Å². The topological polar surface area (TPSA) is 91.1 Å². The molecule has 0 spiro atoms. The van der Waals surface area contributed by atoms with Crippen LogP contribution in [0.3, 0.4) is 0 Å². The highest BCUT2D eigenvalue weighted by atomic mass is 32.2. The second-order valence-electron chi connectivity index (χ2n) is 7.06. The molecule has 148 valence electrons. The second-order valence-corrected chi connectivity index (χ2v) is 8.79. The van der Waals surface area contributed by atoms with Crippen molar-refractivity contribution in [2.75, 3.05) is 13.1 Å². The molecule has 0 radical (unpaired) electrons. The summed E-state index contributed by atoms with van der Waals surface area (Å²) < 4.78 is 27.5. The molecule has 3 rings (SSSR count). The number of nitrogens with one attached hydrogen (secondary N) is 3. The molecule has 0 fully saturated rings. The van der Waals surface area contributed by atoms with E-state index in [1.165, 1.54) is 0 Å². The van der Waals surface area contributed by atoms with Crippen molar-refractivity contribution in [1.29, 1.82) is 0 Å². The molecule has 3 aromatic rings. The summed E-state index contributed by atoms with van der Waals surface area (Å²) in [5, 5.41) is 3.78. The molecule has 0 aliphatic carbocycles. The van der Waals surface area contributed by atoms with Crippen molar-refractivity contribution >= 4 is 26.8 Å². The van der Waals surface area contributed by atoms with Crippen LogP contribution in [0.15, 0.2) is 41.3 Å². The summed E-state index contributed by atoms with van der Waals surface area (Å²) >= 11 is 0. The monoisotopic (exact) mass is 399 g/mol. The van der Waals surface area contributed by atoms with Crippen LogP contribution in [-0.2, 0) is 10.0 Å². The van der Waals surface area contributed by atoms with Crippen LogP contribution in [0.2, 0.25) is 0 Å². The zero-order valence-corrected chi connectivity index (χ0v) is 17.3.